The van der Waals surface area contributed by atoms with Crippen molar-refractivity contribution < 1.29 is 5.11 Å². The van der Waals surface area contributed by atoms with Crippen molar-refractivity contribution >= 4 is 11.8 Å². The Kier molecular flexibility index (Phi) is 6.88. The highest BCUT2D eigenvalue weighted by Gasteiger charge is 2.31. The van der Waals surface area contributed by atoms with Gasteiger partial charge in [-0.2, -0.15) is 11.8 Å². The van der Waals surface area contributed by atoms with Gasteiger partial charge in [-0.25, -0.2) is 0 Å². The van der Waals surface area contributed by atoms with Crippen molar-refractivity contribution in [2.45, 2.75) is 57.4 Å². The third kappa shape index (κ3) is 4.75. The lowest BCUT2D eigenvalue weighted by Gasteiger charge is -2.39. The first-order chi connectivity index (χ1) is 8.90. The average Bonchev–Trinajstić information content (AvgIpc) is 2.42. The van der Waals surface area contributed by atoms with Crippen LogP contribution in [-0.4, -0.2) is 35.8 Å². The van der Waals surface area contributed by atoms with Gasteiger partial charge in [0.2, 0.25) is 0 Å². The van der Waals surface area contributed by atoms with E-state index in [1.54, 1.807) is 0 Å². The second kappa shape index (κ2) is 8.44. The minimum Gasteiger partial charge on any atom is -0.396 e. The van der Waals surface area contributed by atoms with E-state index in [4.69, 9.17) is 5.11 Å². The van der Waals surface area contributed by atoms with Gasteiger partial charge in [0, 0.05) is 24.9 Å². The third-order valence-electron chi connectivity index (χ3n) is 4.67. The van der Waals surface area contributed by atoms with Crippen LogP contribution in [0.2, 0.25) is 0 Å². The van der Waals surface area contributed by atoms with Gasteiger partial charge in [-0.05, 0) is 43.3 Å². The second-order valence-corrected chi connectivity index (χ2v) is 7.18. The molecule has 0 aromatic heterocycles. The zero-order chi connectivity index (χ0) is 12.6. The molecule has 0 aromatic rings. The summed E-state index contributed by atoms with van der Waals surface area (Å²) < 4.78 is 0. The van der Waals surface area contributed by atoms with E-state index in [1.807, 2.05) is 11.8 Å². The summed E-state index contributed by atoms with van der Waals surface area (Å²) in [6.45, 7) is 1.49. The van der Waals surface area contributed by atoms with Crippen molar-refractivity contribution in [2.75, 3.05) is 24.7 Å². The first-order valence-corrected chi connectivity index (χ1v) is 8.97. The van der Waals surface area contributed by atoms with Crippen LogP contribution >= 0.6 is 11.8 Å². The van der Waals surface area contributed by atoms with Gasteiger partial charge in [-0.3, -0.25) is 0 Å². The molecule has 0 saturated heterocycles. The monoisotopic (exact) mass is 271 g/mol. The summed E-state index contributed by atoms with van der Waals surface area (Å²) in [5.41, 5.74) is 0. The molecule has 2 aliphatic rings. The molecule has 2 nitrogen and oxygen atoms in total. The van der Waals surface area contributed by atoms with E-state index >= 15 is 0 Å². The van der Waals surface area contributed by atoms with Gasteiger partial charge in [-0.1, -0.05) is 25.7 Å². The maximum absolute atomic E-state index is 8.71. The van der Waals surface area contributed by atoms with Gasteiger partial charge in [-0.15, -0.1) is 0 Å². The molecule has 0 radical (unpaired) electrons. The molecule has 2 fully saturated rings. The summed E-state index contributed by atoms with van der Waals surface area (Å²) >= 11 is 1.97. The first kappa shape index (κ1) is 14.7. The molecule has 3 heteroatoms. The Labute approximate surface area is 116 Å². The number of nitrogens with one attached hydrogen (secondary N) is 1. The van der Waals surface area contributed by atoms with Crippen LogP contribution in [-0.2, 0) is 0 Å². The highest BCUT2D eigenvalue weighted by atomic mass is 32.2. The van der Waals surface area contributed by atoms with E-state index in [1.165, 1.54) is 50.7 Å². The van der Waals surface area contributed by atoms with E-state index in [0.717, 1.165) is 36.6 Å². The molecule has 2 saturated carbocycles. The average molecular weight is 271 g/mol. The predicted molar refractivity (Wildman–Crippen MR) is 80.1 cm³/mol. The number of fused-ring (bicyclic) bond motifs is 1. The van der Waals surface area contributed by atoms with E-state index in [9.17, 15) is 0 Å². The Hall–Kier alpha value is 0.270. The van der Waals surface area contributed by atoms with E-state index in [-0.39, 0.29) is 0 Å². The minimum atomic E-state index is 0.339. The molecule has 2 N–H and O–H groups in total. The van der Waals surface area contributed by atoms with Crippen molar-refractivity contribution in [3.8, 4) is 0 Å². The highest BCUT2D eigenvalue weighted by molar-refractivity contribution is 7.99. The van der Waals surface area contributed by atoms with Gasteiger partial charge in [0.25, 0.3) is 0 Å². The number of thioether (sulfide) groups is 1. The minimum absolute atomic E-state index is 0.339. The quantitative estimate of drug-likeness (QED) is 0.698. The van der Waals surface area contributed by atoms with E-state index in [2.05, 4.69) is 5.32 Å². The topological polar surface area (TPSA) is 32.3 Å². The fourth-order valence-corrected chi connectivity index (χ4v) is 4.46. The Morgan fingerprint density at radius 1 is 1.00 bits per heavy atom. The van der Waals surface area contributed by atoms with Crippen molar-refractivity contribution in [1.82, 2.24) is 5.32 Å². The molecular weight excluding hydrogens is 242 g/mol. The van der Waals surface area contributed by atoms with Gasteiger partial charge in [0.1, 0.15) is 0 Å². The van der Waals surface area contributed by atoms with Gasteiger partial charge < -0.3 is 10.4 Å². The number of aliphatic hydroxyl groups excluding tert-OH is 1. The summed E-state index contributed by atoms with van der Waals surface area (Å²) in [5.74, 6) is 4.40. The van der Waals surface area contributed by atoms with Crippen LogP contribution in [0.25, 0.3) is 0 Å². The molecule has 3 atom stereocenters. The van der Waals surface area contributed by atoms with Crippen molar-refractivity contribution in [3.63, 3.8) is 0 Å². The molecule has 2 aliphatic carbocycles. The normalized spacial score (nSPS) is 32.2. The molecule has 0 bridgehead atoms. The summed E-state index contributed by atoms with van der Waals surface area (Å²) in [5, 5.41) is 12.5. The standard InChI is InChI=1S/C15H29NOS/c17-9-3-10-18-11-8-16-15-7-6-13-4-1-2-5-14(13)12-15/h13-17H,1-12H2. The lowest BCUT2D eigenvalue weighted by Crippen LogP contribution is -2.39. The number of rotatable bonds is 7. The van der Waals surface area contributed by atoms with Crippen LogP contribution in [0.5, 0.6) is 0 Å². The smallest absolute Gasteiger partial charge is 0.0438 e. The van der Waals surface area contributed by atoms with Crippen LogP contribution in [0.1, 0.15) is 51.4 Å². The van der Waals surface area contributed by atoms with Crippen molar-refractivity contribution in [1.29, 1.82) is 0 Å². The highest BCUT2D eigenvalue weighted by Crippen LogP contribution is 2.40. The summed E-state index contributed by atoms with van der Waals surface area (Å²) in [6, 6.07) is 0.794. The van der Waals surface area contributed by atoms with Gasteiger partial charge >= 0.3 is 0 Å². The Morgan fingerprint density at radius 2 is 1.83 bits per heavy atom. The molecule has 3 unspecified atom stereocenters. The summed E-state index contributed by atoms with van der Waals surface area (Å²) in [7, 11) is 0. The molecule has 0 aliphatic heterocycles. The SMILES string of the molecule is OCCCSCCNC1CCC2CCCCC2C1. The Balaban J connectivity index is 1.54. The van der Waals surface area contributed by atoms with Crippen LogP contribution in [0, 0.1) is 11.8 Å². The molecule has 0 amide bonds. The zero-order valence-corrected chi connectivity index (χ0v) is 12.4. The molecule has 0 aromatic carbocycles. The van der Waals surface area contributed by atoms with Crippen LogP contribution < -0.4 is 5.32 Å². The van der Waals surface area contributed by atoms with Crippen LogP contribution in [0.3, 0.4) is 0 Å². The molecule has 106 valence electrons. The fourth-order valence-electron chi connectivity index (χ4n) is 3.66. The van der Waals surface area contributed by atoms with Crippen molar-refractivity contribution in [2.24, 2.45) is 11.8 Å². The first-order valence-electron chi connectivity index (χ1n) is 7.82. The molecular formula is C15H29NOS. The van der Waals surface area contributed by atoms with Gasteiger partial charge in [0.05, 0.1) is 0 Å². The van der Waals surface area contributed by atoms with Crippen LogP contribution in [0.4, 0.5) is 0 Å². The number of aliphatic hydroxyl groups is 1. The second-order valence-electron chi connectivity index (χ2n) is 5.96. The molecule has 0 heterocycles. The fraction of sp³-hybridized carbons (Fsp3) is 1.00. The van der Waals surface area contributed by atoms with Crippen LogP contribution in [0.15, 0.2) is 0 Å². The maximum atomic E-state index is 8.71. The summed E-state index contributed by atoms with van der Waals surface area (Å²) in [4.78, 5) is 0. The largest absolute Gasteiger partial charge is 0.396 e. The maximum Gasteiger partial charge on any atom is 0.0438 e. The van der Waals surface area contributed by atoms with E-state index in [0.29, 0.717) is 6.61 Å². The lowest BCUT2D eigenvalue weighted by atomic mass is 9.69. The number of hydrogen-bond donors (Lipinski definition) is 2. The third-order valence-corrected chi connectivity index (χ3v) is 5.74. The van der Waals surface area contributed by atoms with E-state index < -0.39 is 0 Å². The van der Waals surface area contributed by atoms with Gasteiger partial charge in [0.15, 0.2) is 0 Å². The summed E-state index contributed by atoms with van der Waals surface area (Å²) in [6.07, 6.45) is 11.2. The Bertz CT molecular complexity index is 225. The zero-order valence-electron chi connectivity index (χ0n) is 11.6. The number of hydrogen-bond acceptors (Lipinski definition) is 3. The Morgan fingerprint density at radius 3 is 2.67 bits per heavy atom. The predicted octanol–water partition coefficient (Wildman–Crippen LogP) is 3.05. The molecule has 18 heavy (non-hydrogen) atoms. The molecule has 0 spiro atoms. The van der Waals surface area contributed by atoms with Crippen molar-refractivity contribution in [3.05, 3.63) is 0 Å². The lowest BCUT2D eigenvalue weighted by molar-refractivity contribution is 0.145. The molecule has 2 rings (SSSR count).